The molecule has 0 aliphatic carbocycles. The van der Waals surface area contributed by atoms with Crippen LogP contribution in [0.4, 0.5) is 5.69 Å². The number of halogens is 1. The Morgan fingerprint density at radius 2 is 2.15 bits per heavy atom. The first kappa shape index (κ1) is 10.5. The Bertz CT molecular complexity index is 286. The Hall–Kier alpha value is -0.540. The molecule has 0 saturated heterocycles. The van der Waals surface area contributed by atoms with Crippen LogP contribution in [0.2, 0.25) is 0 Å². The average Bonchev–Trinajstić information content (AvgIpc) is 2.07. The van der Waals surface area contributed by atoms with Crippen LogP contribution >= 0.6 is 15.9 Å². The van der Waals surface area contributed by atoms with E-state index in [-0.39, 0.29) is 6.10 Å². The quantitative estimate of drug-likeness (QED) is 0.829. The molecule has 1 rings (SSSR count). The highest BCUT2D eigenvalue weighted by atomic mass is 79.9. The number of hydrogen-bond donors (Lipinski definition) is 1. The fourth-order valence-electron chi connectivity index (χ4n) is 0.946. The van der Waals surface area contributed by atoms with Gasteiger partial charge in [-0.25, -0.2) is 0 Å². The van der Waals surface area contributed by atoms with Gasteiger partial charge in [-0.2, -0.15) is 0 Å². The van der Waals surface area contributed by atoms with E-state index in [4.69, 9.17) is 10.5 Å². The molecule has 0 heterocycles. The van der Waals surface area contributed by atoms with Gasteiger partial charge in [0.2, 0.25) is 0 Å². The van der Waals surface area contributed by atoms with E-state index < -0.39 is 0 Å². The van der Waals surface area contributed by atoms with Crippen molar-refractivity contribution in [3.63, 3.8) is 0 Å². The highest BCUT2D eigenvalue weighted by molar-refractivity contribution is 9.10. The third-order valence-corrected chi connectivity index (χ3v) is 2.37. The molecule has 1 aromatic rings. The van der Waals surface area contributed by atoms with Crippen molar-refractivity contribution in [1.82, 2.24) is 0 Å². The molecule has 0 saturated carbocycles. The van der Waals surface area contributed by atoms with E-state index >= 15 is 0 Å². The second-order valence-electron chi connectivity index (χ2n) is 3.22. The van der Waals surface area contributed by atoms with Crippen molar-refractivity contribution in [3.05, 3.63) is 28.2 Å². The van der Waals surface area contributed by atoms with Crippen molar-refractivity contribution in [2.75, 3.05) is 5.73 Å². The van der Waals surface area contributed by atoms with Crippen molar-refractivity contribution in [1.29, 1.82) is 0 Å². The topological polar surface area (TPSA) is 35.2 Å². The molecule has 3 heteroatoms. The average molecular weight is 244 g/mol. The van der Waals surface area contributed by atoms with E-state index in [1.807, 2.05) is 32.0 Å². The molecule has 72 valence electrons. The summed E-state index contributed by atoms with van der Waals surface area (Å²) in [5, 5.41) is 0. The number of rotatable bonds is 3. The predicted octanol–water partition coefficient (Wildman–Crippen LogP) is 2.96. The maximum Gasteiger partial charge on any atom is 0.0721 e. The van der Waals surface area contributed by atoms with Gasteiger partial charge in [-0.1, -0.05) is 6.07 Å². The lowest BCUT2D eigenvalue weighted by molar-refractivity contribution is 0.0657. The molecular formula is C10H14BrNO. The van der Waals surface area contributed by atoms with Gasteiger partial charge in [-0.3, -0.25) is 0 Å². The zero-order chi connectivity index (χ0) is 9.84. The number of nitrogens with two attached hydrogens (primary N) is 1. The van der Waals surface area contributed by atoms with Crippen LogP contribution in [0.15, 0.2) is 22.7 Å². The van der Waals surface area contributed by atoms with Gasteiger partial charge in [0.15, 0.2) is 0 Å². The van der Waals surface area contributed by atoms with Crippen LogP contribution < -0.4 is 5.73 Å². The van der Waals surface area contributed by atoms with Crippen LogP contribution in [0, 0.1) is 0 Å². The van der Waals surface area contributed by atoms with Gasteiger partial charge < -0.3 is 10.5 Å². The van der Waals surface area contributed by atoms with Gasteiger partial charge in [0.1, 0.15) is 0 Å². The number of benzene rings is 1. The third-order valence-electron chi connectivity index (χ3n) is 1.64. The molecule has 0 aromatic heterocycles. The maximum atomic E-state index is 5.72. The Kier molecular flexibility index (Phi) is 3.75. The molecule has 0 unspecified atom stereocenters. The highest BCUT2D eigenvalue weighted by Gasteiger charge is 1.99. The molecule has 0 radical (unpaired) electrons. The van der Waals surface area contributed by atoms with Crippen LogP contribution in [0.25, 0.3) is 0 Å². The third kappa shape index (κ3) is 3.36. The van der Waals surface area contributed by atoms with Crippen LogP contribution in [0.1, 0.15) is 19.4 Å². The molecular weight excluding hydrogens is 230 g/mol. The van der Waals surface area contributed by atoms with Crippen LogP contribution in [-0.4, -0.2) is 6.10 Å². The summed E-state index contributed by atoms with van der Waals surface area (Å²) in [7, 11) is 0. The molecule has 0 spiro atoms. The Balaban J connectivity index is 2.63. The summed E-state index contributed by atoms with van der Waals surface area (Å²) in [6, 6.07) is 5.86. The molecule has 1 aromatic carbocycles. The number of ether oxygens (including phenoxy) is 1. The van der Waals surface area contributed by atoms with Gasteiger partial charge in [-0.15, -0.1) is 0 Å². The lowest BCUT2D eigenvalue weighted by Crippen LogP contribution is -2.02. The van der Waals surface area contributed by atoms with E-state index in [1.54, 1.807) is 0 Å². The minimum absolute atomic E-state index is 0.255. The van der Waals surface area contributed by atoms with E-state index in [9.17, 15) is 0 Å². The molecule has 13 heavy (non-hydrogen) atoms. The maximum absolute atomic E-state index is 5.72. The van der Waals surface area contributed by atoms with Crippen LogP contribution in [0.3, 0.4) is 0 Å². The van der Waals surface area contributed by atoms with Crippen molar-refractivity contribution in [3.8, 4) is 0 Å². The Morgan fingerprint density at radius 3 is 2.69 bits per heavy atom. The molecule has 0 bridgehead atoms. The standard InChI is InChI=1S/C10H14BrNO/c1-7(2)13-6-8-3-4-9(11)10(12)5-8/h3-5,7H,6,12H2,1-2H3. The summed E-state index contributed by atoms with van der Waals surface area (Å²) in [6.07, 6.45) is 0.255. The van der Waals surface area contributed by atoms with Crippen molar-refractivity contribution < 1.29 is 4.74 Å². The van der Waals surface area contributed by atoms with Crippen molar-refractivity contribution >= 4 is 21.6 Å². The van der Waals surface area contributed by atoms with Crippen LogP contribution in [0.5, 0.6) is 0 Å². The van der Waals surface area contributed by atoms with Gasteiger partial charge in [0.25, 0.3) is 0 Å². The fourth-order valence-corrected chi connectivity index (χ4v) is 1.19. The highest BCUT2D eigenvalue weighted by Crippen LogP contribution is 2.20. The largest absolute Gasteiger partial charge is 0.398 e. The minimum atomic E-state index is 0.255. The second-order valence-corrected chi connectivity index (χ2v) is 4.07. The molecule has 0 fully saturated rings. The molecule has 0 aliphatic heterocycles. The fraction of sp³-hybridized carbons (Fsp3) is 0.400. The first-order chi connectivity index (χ1) is 6.09. The van der Waals surface area contributed by atoms with Gasteiger partial charge in [-0.05, 0) is 47.5 Å². The number of hydrogen-bond acceptors (Lipinski definition) is 2. The van der Waals surface area contributed by atoms with Gasteiger partial charge in [0, 0.05) is 10.2 Å². The predicted molar refractivity (Wildman–Crippen MR) is 58.5 cm³/mol. The Labute approximate surface area is 87.2 Å². The summed E-state index contributed by atoms with van der Waals surface area (Å²) in [4.78, 5) is 0. The van der Waals surface area contributed by atoms with Gasteiger partial charge >= 0.3 is 0 Å². The molecule has 2 nitrogen and oxygen atoms in total. The number of anilines is 1. The molecule has 2 N–H and O–H groups in total. The summed E-state index contributed by atoms with van der Waals surface area (Å²) in [5.41, 5.74) is 7.59. The molecule has 0 aliphatic rings. The van der Waals surface area contributed by atoms with Gasteiger partial charge in [0.05, 0.1) is 12.7 Å². The van der Waals surface area contributed by atoms with E-state index in [2.05, 4.69) is 15.9 Å². The SMILES string of the molecule is CC(C)OCc1ccc(Br)c(N)c1. The first-order valence-corrected chi connectivity index (χ1v) is 5.04. The van der Waals surface area contributed by atoms with E-state index in [1.165, 1.54) is 0 Å². The summed E-state index contributed by atoms with van der Waals surface area (Å²) >= 11 is 3.34. The number of nitrogen functional groups attached to an aromatic ring is 1. The molecule has 0 amide bonds. The molecule has 0 atom stereocenters. The lowest BCUT2D eigenvalue weighted by atomic mass is 10.2. The van der Waals surface area contributed by atoms with E-state index in [0.717, 1.165) is 15.7 Å². The zero-order valence-corrected chi connectivity index (χ0v) is 9.47. The van der Waals surface area contributed by atoms with E-state index in [0.29, 0.717) is 6.61 Å². The first-order valence-electron chi connectivity index (χ1n) is 4.25. The minimum Gasteiger partial charge on any atom is -0.398 e. The lowest BCUT2D eigenvalue weighted by Gasteiger charge is -2.08. The Morgan fingerprint density at radius 1 is 1.46 bits per heavy atom. The summed E-state index contributed by atoms with van der Waals surface area (Å²) in [6.45, 7) is 4.65. The zero-order valence-electron chi connectivity index (χ0n) is 7.88. The summed E-state index contributed by atoms with van der Waals surface area (Å²) < 4.78 is 6.38. The van der Waals surface area contributed by atoms with Crippen molar-refractivity contribution in [2.45, 2.75) is 26.6 Å². The smallest absolute Gasteiger partial charge is 0.0721 e. The monoisotopic (exact) mass is 243 g/mol. The summed E-state index contributed by atoms with van der Waals surface area (Å²) in [5.74, 6) is 0. The van der Waals surface area contributed by atoms with Crippen molar-refractivity contribution in [2.24, 2.45) is 0 Å². The normalized spacial score (nSPS) is 10.8. The second kappa shape index (κ2) is 4.63. The van der Waals surface area contributed by atoms with Crippen LogP contribution in [-0.2, 0) is 11.3 Å².